The predicted octanol–water partition coefficient (Wildman–Crippen LogP) is 2.12. The van der Waals surface area contributed by atoms with E-state index in [2.05, 4.69) is 4.72 Å². The second-order valence-corrected chi connectivity index (χ2v) is 8.05. The Morgan fingerprint density at radius 2 is 1.86 bits per heavy atom. The highest BCUT2D eigenvalue weighted by Crippen LogP contribution is 2.27. The van der Waals surface area contributed by atoms with Crippen LogP contribution in [0.2, 0.25) is 0 Å². The van der Waals surface area contributed by atoms with Gasteiger partial charge in [-0.3, -0.25) is 0 Å². The molecule has 0 saturated carbocycles. The van der Waals surface area contributed by atoms with Crippen molar-refractivity contribution in [3.8, 4) is 0 Å². The maximum absolute atomic E-state index is 12.7. The number of hydrogen-bond acceptors (Lipinski definition) is 4. The standard InChI is InChI=1S/C15H24N2O3S/c1-10-7-12(16)8-11(2)14(10)21(18,19)17-13-5-6-20-15(3,4)9-13/h7-8,13,17H,5-6,9,16H2,1-4H3. The van der Waals surface area contributed by atoms with Gasteiger partial charge in [0.1, 0.15) is 0 Å². The van der Waals surface area contributed by atoms with Gasteiger partial charge in [0.05, 0.1) is 10.5 Å². The summed E-state index contributed by atoms with van der Waals surface area (Å²) in [6.07, 6.45) is 1.36. The van der Waals surface area contributed by atoms with Crippen LogP contribution >= 0.6 is 0 Å². The zero-order valence-corrected chi connectivity index (χ0v) is 13.9. The van der Waals surface area contributed by atoms with Crippen LogP contribution in [0.5, 0.6) is 0 Å². The van der Waals surface area contributed by atoms with Crippen molar-refractivity contribution in [3.63, 3.8) is 0 Å². The number of nitrogens with two attached hydrogens (primary N) is 1. The molecule has 1 fully saturated rings. The molecule has 2 rings (SSSR count). The molecule has 0 bridgehead atoms. The Morgan fingerprint density at radius 3 is 2.38 bits per heavy atom. The summed E-state index contributed by atoms with van der Waals surface area (Å²) in [7, 11) is -3.55. The van der Waals surface area contributed by atoms with Crippen molar-refractivity contribution >= 4 is 15.7 Å². The van der Waals surface area contributed by atoms with E-state index in [1.165, 1.54) is 0 Å². The van der Waals surface area contributed by atoms with Crippen LogP contribution in [0.1, 0.15) is 37.8 Å². The number of benzene rings is 1. The molecule has 1 aliphatic rings. The molecule has 1 saturated heterocycles. The highest BCUT2D eigenvalue weighted by molar-refractivity contribution is 7.89. The number of sulfonamides is 1. The molecule has 21 heavy (non-hydrogen) atoms. The fraction of sp³-hybridized carbons (Fsp3) is 0.600. The van der Waals surface area contributed by atoms with Gasteiger partial charge in [-0.2, -0.15) is 0 Å². The Hall–Kier alpha value is -1.11. The number of anilines is 1. The minimum Gasteiger partial charge on any atom is -0.399 e. The first kappa shape index (κ1) is 16.3. The van der Waals surface area contributed by atoms with Crippen molar-refractivity contribution in [1.29, 1.82) is 0 Å². The molecule has 0 amide bonds. The zero-order chi connectivity index (χ0) is 15.8. The van der Waals surface area contributed by atoms with Crippen molar-refractivity contribution in [3.05, 3.63) is 23.3 Å². The molecule has 1 aromatic rings. The Labute approximate surface area is 126 Å². The van der Waals surface area contributed by atoms with Crippen molar-refractivity contribution in [1.82, 2.24) is 4.72 Å². The van der Waals surface area contributed by atoms with Crippen LogP contribution in [0.3, 0.4) is 0 Å². The molecular weight excluding hydrogens is 288 g/mol. The van der Waals surface area contributed by atoms with E-state index in [9.17, 15) is 8.42 Å². The fourth-order valence-electron chi connectivity index (χ4n) is 3.02. The van der Waals surface area contributed by atoms with Gasteiger partial charge in [-0.1, -0.05) is 0 Å². The fourth-order valence-corrected chi connectivity index (χ4v) is 4.74. The van der Waals surface area contributed by atoms with Crippen LogP contribution in [0.15, 0.2) is 17.0 Å². The summed E-state index contributed by atoms with van der Waals surface area (Å²) in [5.41, 5.74) is 7.39. The van der Waals surface area contributed by atoms with Gasteiger partial charge in [0, 0.05) is 18.3 Å². The highest BCUT2D eigenvalue weighted by atomic mass is 32.2. The number of rotatable bonds is 3. The first-order chi connectivity index (χ1) is 9.61. The van der Waals surface area contributed by atoms with E-state index in [1.54, 1.807) is 26.0 Å². The molecule has 1 aromatic carbocycles. The van der Waals surface area contributed by atoms with Gasteiger partial charge in [0.25, 0.3) is 0 Å². The maximum Gasteiger partial charge on any atom is 0.241 e. The summed E-state index contributed by atoms with van der Waals surface area (Å²) in [6, 6.07) is 3.28. The number of nitrogen functional groups attached to an aromatic ring is 1. The molecular formula is C15H24N2O3S. The van der Waals surface area contributed by atoms with Crippen LogP contribution in [0.4, 0.5) is 5.69 Å². The van der Waals surface area contributed by atoms with Crippen LogP contribution in [-0.4, -0.2) is 26.7 Å². The number of aryl methyl sites for hydroxylation is 2. The lowest BCUT2D eigenvalue weighted by Gasteiger charge is -2.35. The first-order valence-electron chi connectivity index (χ1n) is 7.14. The zero-order valence-electron chi connectivity index (χ0n) is 13.1. The van der Waals surface area contributed by atoms with Crippen LogP contribution in [0, 0.1) is 13.8 Å². The lowest BCUT2D eigenvalue weighted by atomic mass is 9.95. The summed E-state index contributed by atoms with van der Waals surface area (Å²) in [5.74, 6) is 0. The predicted molar refractivity (Wildman–Crippen MR) is 83.7 cm³/mol. The summed E-state index contributed by atoms with van der Waals surface area (Å²) < 4.78 is 33.8. The van der Waals surface area contributed by atoms with Crippen LogP contribution < -0.4 is 10.5 Å². The smallest absolute Gasteiger partial charge is 0.241 e. The largest absolute Gasteiger partial charge is 0.399 e. The van der Waals surface area contributed by atoms with Gasteiger partial charge in [0.15, 0.2) is 0 Å². The lowest BCUT2D eigenvalue weighted by Crippen LogP contribution is -2.45. The van der Waals surface area contributed by atoms with E-state index in [0.29, 0.717) is 41.2 Å². The molecule has 118 valence electrons. The third kappa shape index (κ3) is 3.75. The Bertz CT molecular complexity index is 615. The first-order valence-corrected chi connectivity index (χ1v) is 8.62. The minimum absolute atomic E-state index is 0.102. The van der Waals surface area contributed by atoms with E-state index in [0.717, 1.165) is 0 Å². The monoisotopic (exact) mass is 312 g/mol. The molecule has 1 unspecified atom stereocenters. The van der Waals surface area contributed by atoms with Gasteiger partial charge in [-0.15, -0.1) is 0 Å². The summed E-state index contributed by atoms with van der Waals surface area (Å²) in [6.45, 7) is 8.07. The summed E-state index contributed by atoms with van der Waals surface area (Å²) in [4.78, 5) is 0.334. The molecule has 6 heteroatoms. The quantitative estimate of drug-likeness (QED) is 0.838. The third-order valence-corrected chi connectivity index (χ3v) is 5.60. The van der Waals surface area contributed by atoms with Crippen molar-refractivity contribution < 1.29 is 13.2 Å². The van der Waals surface area contributed by atoms with E-state index >= 15 is 0 Å². The molecule has 1 aliphatic heterocycles. The van der Waals surface area contributed by atoms with E-state index in [4.69, 9.17) is 10.5 Å². The van der Waals surface area contributed by atoms with Crippen molar-refractivity contribution in [2.75, 3.05) is 12.3 Å². The number of hydrogen-bond donors (Lipinski definition) is 2. The van der Waals surface area contributed by atoms with Crippen molar-refractivity contribution in [2.45, 2.75) is 57.1 Å². The Balaban J connectivity index is 2.27. The topological polar surface area (TPSA) is 81.4 Å². The normalized spacial score (nSPS) is 22.2. The van der Waals surface area contributed by atoms with Gasteiger partial charge >= 0.3 is 0 Å². The highest BCUT2D eigenvalue weighted by Gasteiger charge is 2.32. The molecule has 0 aromatic heterocycles. The minimum atomic E-state index is -3.55. The number of nitrogens with one attached hydrogen (secondary N) is 1. The lowest BCUT2D eigenvalue weighted by molar-refractivity contribution is -0.0599. The third-order valence-electron chi connectivity index (χ3n) is 3.77. The number of ether oxygens (including phenoxy) is 1. The van der Waals surface area contributed by atoms with E-state index < -0.39 is 10.0 Å². The van der Waals surface area contributed by atoms with Gasteiger partial charge in [-0.25, -0.2) is 13.1 Å². The molecule has 3 N–H and O–H groups in total. The average molecular weight is 312 g/mol. The Kier molecular flexibility index (Phi) is 4.33. The van der Waals surface area contributed by atoms with Gasteiger partial charge < -0.3 is 10.5 Å². The Morgan fingerprint density at radius 1 is 1.29 bits per heavy atom. The molecule has 0 spiro atoms. The van der Waals surface area contributed by atoms with Crippen LogP contribution in [-0.2, 0) is 14.8 Å². The summed E-state index contributed by atoms with van der Waals surface area (Å²) >= 11 is 0. The molecule has 1 heterocycles. The average Bonchev–Trinajstić information content (AvgIpc) is 2.23. The van der Waals surface area contributed by atoms with E-state index in [1.807, 2.05) is 13.8 Å². The second-order valence-electron chi connectivity index (χ2n) is 6.40. The molecule has 0 radical (unpaired) electrons. The maximum atomic E-state index is 12.7. The van der Waals surface area contributed by atoms with Gasteiger partial charge in [-0.05, 0) is 63.8 Å². The summed E-state index contributed by atoms with van der Waals surface area (Å²) in [5, 5.41) is 0. The molecule has 5 nitrogen and oxygen atoms in total. The van der Waals surface area contributed by atoms with Gasteiger partial charge in [0.2, 0.25) is 10.0 Å². The second kappa shape index (κ2) is 5.59. The molecule has 0 aliphatic carbocycles. The van der Waals surface area contributed by atoms with Crippen molar-refractivity contribution in [2.24, 2.45) is 0 Å². The van der Waals surface area contributed by atoms with E-state index in [-0.39, 0.29) is 11.6 Å². The van der Waals surface area contributed by atoms with Crippen LogP contribution in [0.25, 0.3) is 0 Å². The molecule has 1 atom stereocenters. The SMILES string of the molecule is Cc1cc(N)cc(C)c1S(=O)(=O)NC1CCOC(C)(C)C1.